The first kappa shape index (κ1) is 18.3. The van der Waals surface area contributed by atoms with E-state index >= 15 is 0 Å². The van der Waals surface area contributed by atoms with Crippen LogP contribution in [0, 0.1) is 6.92 Å². The molecule has 3 aromatic rings. The van der Waals surface area contributed by atoms with E-state index in [2.05, 4.69) is 5.32 Å². The van der Waals surface area contributed by atoms with Crippen molar-refractivity contribution in [3.05, 3.63) is 68.5 Å². The van der Waals surface area contributed by atoms with Crippen molar-refractivity contribution >= 4 is 45.8 Å². The van der Waals surface area contributed by atoms with Gasteiger partial charge in [0, 0.05) is 23.2 Å². The smallest absolute Gasteiger partial charge is 0.336 e. The third-order valence-electron chi connectivity index (χ3n) is 3.79. The molecule has 1 amide bonds. The highest BCUT2D eigenvalue weighted by Gasteiger charge is 2.16. The maximum Gasteiger partial charge on any atom is 0.336 e. The first-order valence-corrected chi connectivity index (χ1v) is 8.56. The summed E-state index contributed by atoms with van der Waals surface area (Å²) in [6, 6.07) is 11.3. The monoisotopic (exact) mass is 391 g/mol. The minimum atomic E-state index is -0.779. The Morgan fingerprint density at radius 1 is 1.12 bits per heavy atom. The van der Waals surface area contributed by atoms with Crippen LogP contribution in [0.2, 0.25) is 10.0 Å². The molecule has 3 rings (SSSR count). The lowest BCUT2D eigenvalue weighted by Gasteiger charge is -2.15. The largest absolute Gasteiger partial charge is 0.481 e. The van der Waals surface area contributed by atoms with Gasteiger partial charge in [0.15, 0.2) is 6.10 Å². The van der Waals surface area contributed by atoms with Gasteiger partial charge in [-0.2, -0.15) is 0 Å². The number of nitrogens with one attached hydrogen (secondary N) is 1. The van der Waals surface area contributed by atoms with Gasteiger partial charge < -0.3 is 14.5 Å². The van der Waals surface area contributed by atoms with Crippen molar-refractivity contribution in [2.45, 2.75) is 20.0 Å². The van der Waals surface area contributed by atoms with E-state index in [1.807, 2.05) is 6.92 Å². The second-order valence-corrected chi connectivity index (χ2v) is 6.60. The summed E-state index contributed by atoms with van der Waals surface area (Å²) in [6.07, 6.45) is -0.779. The Morgan fingerprint density at radius 3 is 2.62 bits per heavy atom. The second kappa shape index (κ2) is 7.40. The molecule has 1 heterocycles. The summed E-state index contributed by atoms with van der Waals surface area (Å²) in [5.74, 6) is 0.0669. The number of hydrogen-bond donors (Lipinski definition) is 1. The third kappa shape index (κ3) is 4.00. The van der Waals surface area contributed by atoms with Gasteiger partial charge in [-0.25, -0.2) is 4.79 Å². The fraction of sp³-hybridized carbons (Fsp3) is 0.158. The summed E-state index contributed by atoms with van der Waals surface area (Å²) in [5, 5.41) is 4.26. The molecule has 0 bridgehead atoms. The van der Waals surface area contributed by atoms with E-state index in [1.165, 1.54) is 6.07 Å². The standard InChI is InChI=1S/C19H15Cl2NO4/c1-10-7-18(23)26-17-9-13(4-5-14(10)17)25-11(2)19(24)22-12-3-6-15(20)16(21)8-12/h3-9,11H,1-2H3,(H,22,24). The van der Waals surface area contributed by atoms with Crippen LogP contribution in [0.3, 0.4) is 0 Å². The lowest BCUT2D eigenvalue weighted by molar-refractivity contribution is -0.122. The Kier molecular flexibility index (Phi) is 5.20. The first-order chi connectivity index (χ1) is 12.3. The van der Waals surface area contributed by atoms with Crippen molar-refractivity contribution in [1.82, 2.24) is 0 Å². The summed E-state index contributed by atoms with van der Waals surface area (Å²) >= 11 is 11.8. The van der Waals surface area contributed by atoms with Crippen LogP contribution in [-0.4, -0.2) is 12.0 Å². The van der Waals surface area contributed by atoms with E-state index in [-0.39, 0.29) is 5.91 Å². The van der Waals surface area contributed by atoms with Crippen LogP contribution < -0.4 is 15.7 Å². The topological polar surface area (TPSA) is 68.5 Å². The molecule has 2 aromatic carbocycles. The van der Waals surface area contributed by atoms with Crippen molar-refractivity contribution < 1.29 is 13.9 Å². The van der Waals surface area contributed by atoms with E-state index in [1.54, 1.807) is 43.3 Å². The lowest BCUT2D eigenvalue weighted by atomic mass is 10.1. The number of amides is 1. The molecule has 0 saturated carbocycles. The van der Waals surface area contributed by atoms with Gasteiger partial charge in [-0.15, -0.1) is 0 Å². The van der Waals surface area contributed by atoms with Crippen molar-refractivity contribution in [3.63, 3.8) is 0 Å². The summed E-state index contributed by atoms with van der Waals surface area (Å²) in [6.45, 7) is 3.44. The fourth-order valence-electron chi connectivity index (χ4n) is 2.45. The lowest BCUT2D eigenvalue weighted by Crippen LogP contribution is -2.30. The summed E-state index contributed by atoms with van der Waals surface area (Å²) in [4.78, 5) is 23.8. The molecule has 134 valence electrons. The molecule has 26 heavy (non-hydrogen) atoms. The Morgan fingerprint density at radius 2 is 1.88 bits per heavy atom. The number of carbonyl (C=O) groups is 1. The van der Waals surface area contributed by atoms with Crippen LogP contribution in [0.1, 0.15) is 12.5 Å². The maximum atomic E-state index is 12.3. The minimum Gasteiger partial charge on any atom is -0.481 e. The van der Waals surface area contributed by atoms with E-state index in [4.69, 9.17) is 32.4 Å². The average Bonchev–Trinajstić information content (AvgIpc) is 2.57. The van der Waals surface area contributed by atoms with E-state index < -0.39 is 11.7 Å². The molecular formula is C19H15Cl2NO4. The molecular weight excluding hydrogens is 377 g/mol. The number of hydrogen-bond acceptors (Lipinski definition) is 4. The summed E-state index contributed by atoms with van der Waals surface area (Å²) in [7, 11) is 0. The van der Waals surface area contributed by atoms with Crippen molar-refractivity contribution in [2.75, 3.05) is 5.32 Å². The van der Waals surface area contributed by atoms with Gasteiger partial charge in [0.05, 0.1) is 10.0 Å². The van der Waals surface area contributed by atoms with Crippen LogP contribution in [0.15, 0.2) is 51.7 Å². The molecule has 1 atom stereocenters. The van der Waals surface area contributed by atoms with E-state index in [0.717, 1.165) is 10.9 Å². The van der Waals surface area contributed by atoms with Gasteiger partial charge in [0.2, 0.25) is 0 Å². The van der Waals surface area contributed by atoms with Gasteiger partial charge in [-0.05, 0) is 49.7 Å². The predicted molar refractivity (Wildman–Crippen MR) is 102 cm³/mol. The number of fused-ring (bicyclic) bond motifs is 1. The normalized spacial score (nSPS) is 12.0. The highest BCUT2D eigenvalue weighted by Crippen LogP contribution is 2.26. The van der Waals surface area contributed by atoms with E-state index in [0.29, 0.717) is 27.1 Å². The van der Waals surface area contributed by atoms with Gasteiger partial charge in [0.1, 0.15) is 11.3 Å². The number of carbonyl (C=O) groups excluding carboxylic acids is 1. The average molecular weight is 392 g/mol. The number of benzene rings is 2. The number of rotatable bonds is 4. The van der Waals surface area contributed by atoms with Crippen molar-refractivity contribution in [3.8, 4) is 5.75 Å². The second-order valence-electron chi connectivity index (χ2n) is 5.78. The zero-order chi connectivity index (χ0) is 18.8. The highest BCUT2D eigenvalue weighted by atomic mass is 35.5. The SMILES string of the molecule is Cc1cc(=O)oc2cc(OC(C)C(=O)Nc3ccc(Cl)c(Cl)c3)ccc12. The van der Waals surface area contributed by atoms with Crippen LogP contribution >= 0.6 is 23.2 Å². The van der Waals surface area contributed by atoms with Gasteiger partial charge >= 0.3 is 5.63 Å². The molecule has 0 fully saturated rings. The Labute approximate surface area is 159 Å². The molecule has 0 spiro atoms. The molecule has 0 aliphatic rings. The first-order valence-electron chi connectivity index (χ1n) is 7.80. The summed E-state index contributed by atoms with van der Waals surface area (Å²) < 4.78 is 10.8. The molecule has 0 radical (unpaired) electrons. The third-order valence-corrected chi connectivity index (χ3v) is 4.53. The molecule has 7 heteroatoms. The molecule has 5 nitrogen and oxygen atoms in total. The molecule has 1 N–H and O–H groups in total. The number of anilines is 1. The number of halogens is 2. The molecule has 0 aliphatic carbocycles. The van der Waals surface area contributed by atoms with Gasteiger partial charge in [-0.1, -0.05) is 23.2 Å². The van der Waals surface area contributed by atoms with Crippen LogP contribution in [0.5, 0.6) is 5.75 Å². The molecule has 1 unspecified atom stereocenters. The number of aryl methyl sites for hydroxylation is 1. The fourth-order valence-corrected chi connectivity index (χ4v) is 2.75. The van der Waals surface area contributed by atoms with Crippen molar-refractivity contribution in [1.29, 1.82) is 0 Å². The van der Waals surface area contributed by atoms with Gasteiger partial charge in [-0.3, -0.25) is 4.79 Å². The Balaban J connectivity index is 1.75. The zero-order valence-electron chi connectivity index (χ0n) is 14.0. The van der Waals surface area contributed by atoms with Crippen LogP contribution in [0.25, 0.3) is 11.0 Å². The highest BCUT2D eigenvalue weighted by molar-refractivity contribution is 6.42. The van der Waals surface area contributed by atoms with Gasteiger partial charge in [0.25, 0.3) is 5.91 Å². The van der Waals surface area contributed by atoms with Crippen LogP contribution in [0.4, 0.5) is 5.69 Å². The number of ether oxygens (including phenoxy) is 1. The molecule has 0 aliphatic heterocycles. The Bertz CT molecular complexity index is 1050. The minimum absolute atomic E-state index is 0.345. The summed E-state index contributed by atoms with van der Waals surface area (Å²) in [5.41, 5.74) is 1.30. The van der Waals surface area contributed by atoms with E-state index in [9.17, 15) is 9.59 Å². The molecule has 1 aromatic heterocycles. The maximum absolute atomic E-state index is 12.3. The predicted octanol–water partition coefficient (Wildman–Crippen LogP) is 4.81. The zero-order valence-corrected chi connectivity index (χ0v) is 15.5. The van der Waals surface area contributed by atoms with Crippen LogP contribution in [-0.2, 0) is 4.79 Å². The Hall–Kier alpha value is -2.50. The van der Waals surface area contributed by atoms with Crippen molar-refractivity contribution in [2.24, 2.45) is 0 Å². The quantitative estimate of drug-likeness (QED) is 0.647. The molecule has 0 saturated heterocycles.